The minimum absolute atomic E-state index is 0.00225. The molecule has 0 aliphatic heterocycles. The molecule has 26 heavy (non-hydrogen) atoms. The van der Waals surface area contributed by atoms with E-state index in [0.29, 0.717) is 16.7 Å². The molecule has 6 heteroatoms. The topological polar surface area (TPSA) is 127 Å². The zero-order chi connectivity index (χ0) is 18.9. The number of carboxylic acids is 2. The van der Waals surface area contributed by atoms with Gasteiger partial charge in [0.2, 0.25) is 0 Å². The molecule has 0 saturated carbocycles. The van der Waals surface area contributed by atoms with Gasteiger partial charge in [0, 0.05) is 5.56 Å². The molecule has 6 N–H and O–H groups in total. The first-order chi connectivity index (χ1) is 12.4. The number of rotatable bonds is 4. The smallest absolute Gasteiger partial charge is 0.337 e. The molecule has 0 heterocycles. The molecule has 2 aromatic rings. The Hall–Kier alpha value is -3.54. The van der Waals surface area contributed by atoms with Gasteiger partial charge in [0.05, 0.1) is 16.9 Å². The maximum absolute atomic E-state index is 12.0. The fourth-order valence-corrected chi connectivity index (χ4v) is 3.15. The van der Waals surface area contributed by atoms with Crippen molar-refractivity contribution < 1.29 is 19.8 Å². The number of carbonyl (C=O) groups is 2. The highest BCUT2D eigenvalue weighted by atomic mass is 16.4. The molecule has 1 aliphatic carbocycles. The van der Waals surface area contributed by atoms with Gasteiger partial charge in [-0.15, -0.1) is 0 Å². The summed E-state index contributed by atoms with van der Waals surface area (Å²) >= 11 is 0. The van der Waals surface area contributed by atoms with Crippen LogP contribution in [0.2, 0.25) is 0 Å². The summed E-state index contributed by atoms with van der Waals surface area (Å²) in [6, 6.07) is 12.0. The van der Waals surface area contributed by atoms with Gasteiger partial charge in [0.25, 0.3) is 0 Å². The number of aromatic carboxylic acids is 1. The maximum atomic E-state index is 12.0. The Morgan fingerprint density at radius 2 is 1.65 bits per heavy atom. The number of nitrogens with two attached hydrogens (primary N) is 2. The number of hydrogen-bond donors (Lipinski definition) is 4. The van der Waals surface area contributed by atoms with Gasteiger partial charge in [-0.05, 0) is 23.6 Å². The highest BCUT2D eigenvalue weighted by Gasteiger charge is 2.38. The fourth-order valence-electron chi connectivity index (χ4n) is 3.15. The highest BCUT2D eigenvalue weighted by Crippen LogP contribution is 2.39. The van der Waals surface area contributed by atoms with Crippen LogP contribution < -0.4 is 11.5 Å². The second-order valence-electron chi connectivity index (χ2n) is 6.13. The average molecular weight is 350 g/mol. The second kappa shape index (κ2) is 6.40. The molecule has 1 unspecified atom stereocenters. The molecule has 1 atom stereocenters. The van der Waals surface area contributed by atoms with Gasteiger partial charge in [0.15, 0.2) is 0 Å². The van der Waals surface area contributed by atoms with Crippen LogP contribution in [0.25, 0.3) is 5.57 Å². The minimum atomic E-state index is -1.15. The number of anilines is 2. The van der Waals surface area contributed by atoms with Gasteiger partial charge in [-0.1, -0.05) is 54.6 Å². The Morgan fingerprint density at radius 1 is 0.962 bits per heavy atom. The van der Waals surface area contributed by atoms with Crippen molar-refractivity contribution in [2.24, 2.45) is 0 Å². The van der Waals surface area contributed by atoms with Gasteiger partial charge in [-0.2, -0.15) is 0 Å². The normalized spacial score (nSPS) is 19.0. The number of hydrogen-bond acceptors (Lipinski definition) is 4. The monoisotopic (exact) mass is 350 g/mol. The Balaban J connectivity index is 2.00. The van der Waals surface area contributed by atoms with E-state index < -0.39 is 17.4 Å². The summed E-state index contributed by atoms with van der Waals surface area (Å²) in [4.78, 5) is 23.1. The van der Waals surface area contributed by atoms with E-state index in [-0.39, 0.29) is 23.4 Å². The van der Waals surface area contributed by atoms with E-state index in [4.69, 9.17) is 16.6 Å². The van der Waals surface area contributed by atoms with Crippen molar-refractivity contribution in [1.82, 2.24) is 0 Å². The Labute approximate surface area is 150 Å². The highest BCUT2D eigenvalue weighted by molar-refractivity contribution is 6.00. The third-order valence-corrected chi connectivity index (χ3v) is 4.69. The van der Waals surface area contributed by atoms with Crippen LogP contribution in [0, 0.1) is 0 Å². The van der Waals surface area contributed by atoms with Crippen molar-refractivity contribution in [3.05, 3.63) is 77.4 Å². The lowest BCUT2D eigenvalue weighted by Crippen LogP contribution is -2.34. The third-order valence-electron chi connectivity index (χ3n) is 4.69. The van der Waals surface area contributed by atoms with Crippen LogP contribution in [-0.2, 0) is 10.2 Å². The van der Waals surface area contributed by atoms with Crippen molar-refractivity contribution in [3.8, 4) is 0 Å². The van der Waals surface area contributed by atoms with E-state index in [1.165, 1.54) is 6.07 Å². The van der Waals surface area contributed by atoms with E-state index >= 15 is 0 Å². The van der Waals surface area contributed by atoms with E-state index in [9.17, 15) is 14.7 Å². The van der Waals surface area contributed by atoms with Gasteiger partial charge in [-0.3, -0.25) is 4.79 Å². The molecule has 2 aromatic carbocycles. The van der Waals surface area contributed by atoms with Crippen LogP contribution in [0.3, 0.4) is 0 Å². The molecule has 0 bridgehead atoms. The fraction of sp³-hybridized carbons (Fsp3) is 0.100. The van der Waals surface area contributed by atoms with E-state index in [1.807, 2.05) is 6.07 Å². The Morgan fingerprint density at radius 3 is 2.19 bits per heavy atom. The molecule has 0 aromatic heterocycles. The third kappa shape index (κ3) is 2.71. The number of nitrogen functional groups attached to an aromatic ring is 2. The first kappa shape index (κ1) is 17.3. The van der Waals surface area contributed by atoms with E-state index in [0.717, 1.165) is 0 Å². The lowest BCUT2D eigenvalue weighted by Gasteiger charge is -2.29. The van der Waals surface area contributed by atoms with Crippen LogP contribution in [0.1, 0.15) is 27.9 Å². The molecule has 0 saturated heterocycles. The van der Waals surface area contributed by atoms with E-state index in [1.54, 1.807) is 48.6 Å². The summed E-state index contributed by atoms with van der Waals surface area (Å²) in [5.41, 5.74) is 12.8. The molecule has 0 fully saturated rings. The van der Waals surface area contributed by atoms with Crippen molar-refractivity contribution in [1.29, 1.82) is 0 Å². The summed E-state index contributed by atoms with van der Waals surface area (Å²) in [6.45, 7) is 0. The van der Waals surface area contributed by atoms with Gasteiger partial charge >= 0.3 is 11.9 Å². The zero-order valence-corrected chi connectivity index (χ0v) is 13.8. The largest absolute Gasteiger partial charge is 0.480 e. The second-order valence-corrected chi connectivity index (χ2v) is 6.13. The molecular formula is C20H18N2O4. The SMILES string of the molecule is Nc1c(C(=O)O)ccc(C2=CCC(C(=O)O)(c3ccccc3)C=C2)c1N. The average Bonchev–Trinajstić information content (AvgIpc) is 2.64. The Bertz CT molecular complexity index is 948. The molecule has 3 rings (SSSR count). The van der Waals surface area contributed by atoms with Crippen molar-refractivity contribution in [2.75, 3.05) is 11.5 Å². The number of allylic oxidation sites excluding steroid dienone is 3. The van der Waals surface area contributed by atoms with Gasteiger partial charge in [0.1, 0.15) is 5.41 Å². The lowest BCUT2D eigenvalue weighted by atomic mass is 9.73. The van der Waals surface area contributed by atoms with Crippen LogP contribution in [-0.4, -0.2) is 22.2 Å². The minimum Gasteiger partial charge on any atom is -0.480 e. The maximum Gasteiger partial charge on any atom is 0.337 e. The van der Waals surface area contributed by atoms with Gasteiger partial charge < -0.3 is 21.7 Å². The Kier molecular flexibility index (Phi) is 4.26. The van der Waals surface area contributed by atoms with Crippen molar-refractivity contribution in [2.45, 2.75) is 11.8 Å². The molecule has 0 spiro atoms. The zero-order valence-electron chi connectivity index (χ0n) is 13.8. The molecule has 1 aliphatic rings. The molecular weight excluding hydrogens is 332 g/mol. The number of benzene rings is 2. The molecule has 6 nitrogen and oxygen atoms in total. The molecule has 0 radical (unpaired) electrons. The quantitative estimate of drug-likeness (QED) is 0.628. The van der Waals surface area contributed by atoms with Crippen LogP contribution in [0.4, 0.5) is 11.4 Å². The van der Waals surface area contributed by atoms with E-state index in [2.05, 4.69) is 0 Å². The number of aliphatic carboxylic acids is 1. The molecule has 0 amide bonds. The van der Waals surface area contributed by atoms with Crippen molar-refractivity contribution >= 4 is 28.9 Å². The predicted molar refractivity (Wildman–Crippen MR) is 99.7 cm³/mol. The first-order valence-electron chi connectivity index (χ1n) is 7.97. The van der Waals surface area contributed by atoms with Crippen molar-refractivity contribution in [3.63, 3.8) is 0 Å². The summed E-state index contributed by atoms with van der Waals surface area (Å²) in [5.74, 6) is -2.09. The standard InChI is InChI=1S/C20H18N2O4/c21-16-14(6-7-15(17(16)22)18(23)24)12-8-10-20(11-9-12,19(25)26)13-4-2-1-3-5-13/h1-10H,11,21-22H2,(H,23,24)(H,25,26). The van der Waals surface area contributed by atoms with Crippen LogP contribution in [0.5, 0.6) is 0 Å². The summed E-state index contributed by atoms with van der Waals surface area (Å²) < 4.78 is 0. The summed E-state index contributed by atoms with van der Waals surface area (Å²) in [6.07, 6.45) is 5.36. The summed E-state index contributed by atoms with van der Waals surface area (Å²) in [7, 11) is 0. The van der Waals surface area contributed by atoms with Crippen LogP contribution >= 0.6 is 0 Å². The first-order valence-corrected chi connectivity index (χ1v) is 7.97. The lowest BCUT2D eigenvalue weighted by molar-refractivity contribution is -0.141. The van der Waals surface area contributed by atoms with Crippen LogP contribution in [0.15, 0.2) is 60.7 Å². The molecule has 132 valence electrons. The number of carboxylic acid groups (broad SMARTS) is 2. The summed E-state index contributed by atoms with van der Waals surface area (Å²) in [5, 5.41) is 18.9. The predicted octanol–water partition coefficient (Wildman–Crippen LogP) is 2.92. The van der Waals surface area contributed by atoms with Gasteiger partial charge in [-0.25, -0.2) is 4.79 Å².